The normalized spacial score (nSPS) is 10.1. The minimum absolute atomic E-state index is 0.0426. The molecule has 8 heteroatoms. The van der Waals surface area contributed by atoms with E-state index in [1.807, 2.05) is 0 Å². The minimum atomic E-state index is -0.556. The van der Waals surface area contributed by atoms with Crippen LogP contribution < -0.4 is 10.6 Å². The molecule has 3 aromatic rings. The second kappa shape index (κ2) is 8.75. The number of para-hydroxylation sites is 1. The average molecular weight is 390 g/mol. The maximum Gasteiger partial charge on any atom is 0.339 e. The predicted molar refractivity (Wildman–Crippen MR) is 107 cm³/mol. The molecule has 0 bridgehead atoms. The van der Waals surface area contributed by atoms with Crippen LogP contribution in [0.5, 0.6) is 0 Å². The molecule has 0 atom stereocenters. The molecule has 0 spiro atoms. The molecular weight excluding hydrogens is 372 g/mol. The van der Waals surface area contributed by atoms with Gasteiger partial charge < -0.3 is 15.4 Å². The summed E-state index contributed by atoms with van der Waals surface area (Å²) in [6.45, 7) is 1.49. The number of aromatic nitrogens is 2. The van der Waals surface area contributed by atoms with Crippen molar-refractivity contribution in [2.75, 3.05) is 17.7 Å². The molecule has 2 aromatic carbocycles. The maximum atomic E-state index is 12.4. The van der Waals surface area contributed by atoms with Gasteiger partial charge in [-0.3, -0.25) is 9.59 Å². The summed E-state index contributed by atoms with van der Waals surface area (Å²) < 4.78 is 4.71. The molecule has 0 aliphatic rings. The van der Waals surface area contributed by atoms with Gasteiger partial charge in [0.05, 0.1) is 18.4 Å². The number of nitrogens with one attached hydrogen (secondary N) is 2. The van der Waals surface area contributed by atoms with Crippen molar-refractivity contribution >= 4 is 34.9 Å². The van der Waals surface area contributed by atoms with Crippen molar-refractivity contribution in [3.8, 4) is 0 Å². The van der Waals surface area contributed by atoms with Crippen LogP contribution in [0, 0.1) is 0 Å². The van der Waals surface area contributed by atoms with Gasteiger partial charge in [0.2, 0.25) is 0 Å². The number of ether oxygens (including phenoxy) is 1. The number of hydrogen-bond acceptors (Lipinski definition) is 7. The largest absolute Gasteiger partial charge is 0.465 e. The molecule has 2 N–H and O–H groups in total. The van der Waals surface area contributed by atoms with E-state index < -0.39 is 11.9 Å². The number of Topliss-reactive ketones (excluding diaryl/α,β-unsaturated/α-hetero) is 1. The zero-order valence-corrected chi connectivity index (χ0v) is 15.8. The molecule has 0 saturated carbocycles. The smallest absolute Gasteiger partial charge is 0.339 e. The molecule has 1 heterocycles. The number of amides is 1. The predicted octanol–water partition coefficient (Wildman–Crippen LogP) is 3.46. The lowest BCUT2D eigenvalue weighted by molar-refractivity contribution is 0.0601. The molecule has 0 radical (unpaired) electrons. The van der Waals surface area contributed by atoms with Gasteiger partial charge in [-0.2, -0.15) is 0 Å². The van der Waals surface area contributed by atoms with Crippen molar-refractivity contribution < 1.29 is 19.1 Å². The fourth-order valence-corrected chi connectivity index (χ4v) is 2.55. The summed E-state index contributed by atoms with van der Waals surface area (Å²) in [5.74, 6) is -0.700. The second-order valence-corrected chi connectivity index (χ2v) is 6.06. The van der Waals surface area contributed by atoms with Gasteiger partial charge >= 0.3 is 5.97 Å². The van der Waals surface area contributed by atoms with E-state index in [9.17, 15) is 14.4 Å². The van der Waals surface area contributed by atoms with E-state index in [4.69, 9.17) is 4.74 Å². The number of carbonyl (C=O) groups excluding carboxylic acids is 3. The van der Waals surface area contributed by atoms with Crippen LogP contribution in [0.3, 0.4) is 0 Å². The highest BCUT2D eigenvalue weighted by Crippen LogP contribution is 2.18. The maximum absolute atomic E-state index is 12.4. The van der Waals surface area contributed by atoms with Crippen molar-refractivity contribution in [2.24, 2.45) is 0 Å². The van der Waals surface area contributed by atoms with E-state index in [0.717, 1.165) is 0 Å². The first-order valence-corrected chi connectivity index (χ1v) is 8.68. The molecule has 8 nitrogen and oxygen atoms in total. The number of benzene rings is 2. The van der Waals surface area contributed by atoms with Crippen LogP contribution in [-0.4, -0.2) is 35.0 Å². The van der Waals surface area contributed by atoms with Gasteiger partial charge in [-0.05, 0) is 43.3 Å². The summed E-state index contributed by atoms with van der Waals surface area (Å²) in [4.78, 5) is 35.7. The Hall–Kier alpha value is -4.07. The van der Waals surface area contributed by atoms with Crippen LogP contribution in [0.1, 0.15) is 38.1 Å². The Bertz CT molecular complexity index is 1060. The van der Waals surface area contributed by atoms with E-state index >= 15 is 0 Å². The number of rotatable bonds is 6. The highest BCUT2D eigenvalue weighted by Gasteiger charge is 2.15. The topological polar surface area (TPSA) is 110 Å². The Morgan fingerprint density at radius 3 is 2.41 bits per heavy atom. The zero-order valence-electron chi connectivity index (χ0n) is 15.8. The number of methoxy groups -OCH3 is 1. The zero-order chi connectivity index (χ0) is 20.8. The molecule has 0 saturated heterocycles. The summed E-state index contributed by atoms with van der Waals surface area (Å²) in [5, 5.41) is 13.6. The first kappa shape index (κ1) is 19.7. The average Bonchev–Trinajstić information content (AvgIpc) is 2.74. The van der Waals surface area contributed by atoms with Crippen LogP contribution in [0.15, 0.2) is 60.7 Å². The summed E-state index contributed by atoms with van der Waals surface area (Å²) in [5.41, 5.74) is 1.88. The number of nitrogens with zero attached hydrogens (tertiary/aromatic N) is 2. The Kier molecular flexibility index (Phi) is 5.94. The fourth-order valence-electron chi connectivity index (χ4n) is 2.55. The number of ketones is 1. The molecule has 0 aliphatic carbocycles. The Morgan fingerprint density at radius 1 is 0.931 bits per heavy atom. The third-order valence-electron chi connectivity index (χ3n) is 4.02. The SMILES string of the molecule is COC(=O)c1ccccc1NC(=O)c1ccc(Nc2cccc(C(C)=O)c2)nn1. The third-order valence-corrected chi connectivity index (χ3v) is 4.02. The molecule has 1 aromatic heterocycles. The van der Waals surface area contributed by atoms with Gasteiger partial charge in [-0.25, -0.2) is 4.79 Å². The highest BCUT2D eigenvalue weighted by molar-refractivity contribution is 6.07. The molecule has 146 valence electrons. The van der Waals surface area contributed by atoms with Gasteiger partial charge in [0.15, 0.2) is 17.3 Å². The fraction of sp³-hybridized carbons (Fsp3) is 0.0952. The first-order chi connectivity index (χ1) is 14.0. The van der Waals surface area contributed by atoms with Crippen molar-refractivity contribution in [3.05, 3.63) is 77.5 Å². The summed E-state index contributed by atoms with van der Waals surface area (Å²) in [6.07, 6.45) is 0. The minimum Gasteiger partial charge on any atom is -0.465 e. The lowest BCUT2D eigenvalue weighted by Gasteiger charge is -2.09. The molecular formula is C21H18N4O4. The Labute approximate surface area is 166 Å². The molecule has 29 heavy (non-hydrogen) atoms. The molecule has 0 aliphatic heterocycles. The number of anilines is 3. The van der Waals surface area contributed by atoms with Crippen molar-refractivity contribution in [3.63, 3.8) is 0 Å². The monoisotopic (exact) mass is 390 g/mol. The molecule has 0 unspecified atom stereocenters. The number of carbonyl (C=O) groups is 3. The van der Waals surface area contributed by atoms with Crippen LogP contribution in [0.2, 0.25) is 0 Å². The van der Waals surface area contributed by atoms with E-state index in [0.29, 0.717) is 22.8 Å². The third kappa shape index (κ3) is 4.81. The van der Waals surface area contributed by atoms with E-state index in [-0.39, 0.29) is 17.0 Å². The highest BCUT2D eigenvalue weighted by atomic mass is 16.5. The Balaban J connectivity index is 1.72. The summed E-state index contributed by atoms with van der Waals surface area (Å²) in [7, 11) is 1.27. The van der Waals surface area contributed by atoms with Crippen LogP contribution >= 0.6 is 0 Å². The van der Waals surface area contributed by atoms with Gasteiger partial charge in [0.1, 0.15) is 0 Å². The van der Waals surface area contributed by atoms with E-state index in [1.54, 1.807) is 54.6 Å². The molecule has 3 rings (SSSR count). The van der Waals surface area contributed by atoms with Crippen molar-refractivity contribution in [2.45, 2.75) is 6.92 Å². The lowest BCUT2D eigenvalue weighted by atomic mass is 10.1. The van der Waals surface area contributed by atoms with Gasteiger partial charge in [0, 0.05) is 11.3 Å². The molecule has 0 fully saturated rings. The molecule has 1 amide bonds. The number of esters is 1. The van der Waals surface area contributed by atoms with Crippen LogP contribution in [0.25, 0.3) is 0 Å². The van der Waals surface area contributed by atoms with Gasteiger partial charge in [-0.1, -0.05) is 24.3 Å². The first-order valence-electron chi connectivity index (χ1n) is 8.68. The number of hydrogen-bond donors (Lipinski definition) is 2. The van der Waals surface area contributed by atoms with E-state index in [1.165, 1.54) is 20.1 Å². The second-order valence-electron chi connectivity index (χ2n) is 6.06. The summed E-state index contributed by atoms with van der Waals surface area (Å²) in [6, 6.07) is 16.6. The van der Waals surface area contributed by atoms with E-state index in [2.05, 4.69) is 20.8 Å². The lowest BCUT2D eigenvalue weighted by Crippen LogP contribution is -2.17. The quantitative estimate of drug-likeness (QED) is 0.490. The van der Waals surface area contributed by atoms with Gasteiger partial charge in [-0.15, -0.1) is 10.2 Å². The Morgan fingerprint density at radius 2 is 1.72 bits per heavy atom. The van der Waals surface area contributed by atoms with Crippen molar-refractivity contribution in [1.82, 2.24) is 10.2 Å². The van der Waals surface area contributed by atoms with Crippen LogP contribution in [-0.2, 0) is 4.74 Å². The van der Waals surface area contributed by atoms with Gasteiger partial charge in [0.25, 0.3) is 5.91 Å². The van der Waals surface area contributed by atoms with Crippen molar-refractivity contribution in [1.29, 1.82) is 0 Å². The summed E-state index contributed by atoms with van der Waals surface area (Å²) >= 11 is 0. The van der Waals surface area contributed by atoms with Crippen LogP contribution in [0.4, 0.5) is 17.2 Å². The standard InChI is InChI=1S/C21H18N4O4/c1-13(26)14-6-5-7-15(12-14)22-19-11-10-18(24-25-19)20(27)23-17-9-4-3-8-16(17)21(28)29-2/h3-12H,1-2H3,(H,22,25)(H,23,27).